The number of halogens is 1. The molecule has 1 unspecified atom stereocenters. The van der Waals surface area contributed by atoms with Gasteiger partial charge in [0.2, 0.25) is 0 Å². The molecule has 1 amide bonds. The van der Waals surface area contributed by atoms with Crippen LogP contribution in [0.25, 0.3) is 0 Å². The van der Waals surface area contributed by atoms with Gasteiger partial charge in [-0.15, -0.1) is 0 Å². The van der Waals surface area contributed by atoms with E-state index in [0.717, 1.165) is 6.42 Å². The number of hydrogen-bond acceptors (Lipinski definition) is 2. The molecule has 0 bridgehead atoms. The second kappa shape index (κ2) is 6.73. The first-order valence-electron chi connectivity index (χ1n) is 7.47. The van der Waals surface area contributed by atoms with Crippen LogP contribution in [0.1, 0.15) is 55.8 Å². The third kappa shape index (κ3) is 3.71. The Balaban J connectivity index is 2.04. The Hall–Kier alpha value is -1.58. The molecule has 20 heavy (non-hydrogen) atoms. The summed E-state index contributed by atoms with van der Waals surface area (Å²) >= 11 is 0. The molecule has 1 aromatic rings. The number of nitrogen functional groups attached to an aromatic ring is 1. The first-order chi connectivity index (χ1) is 9.60. The molecule has 1 saturated carbocycles. The molecule has 110 valence electrons. The van der Waals surface area contributed by atoms with Gasteiger partial charge in [0.15, 0.2) is 0 Å². The molecule has 1 atom stereocenters. The number of hydrogen-bond donors (Lipinski definition) is 2. The van der Waals surface area contributed by atoms with Gasteiger partial charge >= 0.3 is 0 Å². The Labute approximate surface area is 119 Å². The highest BCUT2D eigenvalue weighted by Gasteiger charge is 2.24. The van der Waals surface area contributed by atoms with Crippen LogP contribution in [0, 0.1) is 11.7 Å². The van der Waals surface area contributed by atoms with E-state index < -0.39 is 5.82 Å². The molecule has 4 heteroatoms. The van der Waals surface area contributed by atoms with Crippen molar-refractivity contribution in [3.8, 4) is 0 Å². The highest BCUT2D eigenvalue weighted by Crippen LogP contribution is 2.28. The van der Waals surface area contributed by atoms with E-state index in [4.69, 9.17) is 5.73 Å². The molecule has 0 radical (unpaired) electrons. The number of rotatable bonds is 4. The Morgan fingerprint density at radius 1 is 1.35 bits per heavy atom. The average molecular weight is 278 g/mol. The molecule has 3 nitrogen and oxygen atoms in total. The molecule has 0 heterocycles. The molecule has 1 aliphatic carbocycles. The molecule has 1 fully saturated rings. The van der Waals surface area contributed by atoms with Gasteiger partial charge in [0.1, 0.15) is 5.82 Å². The van der Waals surface area contributed by atoms with Gasteiger partial charge in [0.25, 0.3) is 5.91 Å². The maximum absolute atomic E-state index is 13.3. The Kier molecular flexibility index (Phi) is 4.99. The summed E-state index contributed by atoms with van der Waals surface area (Å²) in [6, 6.07) is 4.15. The van der Waals surface area contributed by atoms with Crippen LogP contribution >= 0.6 is 0 Å². The highest BCUT2D eigenvalue weighted by molar-refractivity contribution is 5.95. The first-order valence-corrected chi connectivity index (χ1v) is 7.47. The zero-order valence-electron chi connectivity index (χ0n) is 12.0. The summed E-state index contributed by atoms with van der Waals surface area (Å²) < 4.78 is 13.3. The Bertz CT molecular complexity index is 449. The summed E-state index contributed by atoms with van der Waals surface area (Å²) in [6.45, 7) is 2.08. The van der Waals surface area contributed by atoms with Crippen LogP contribution in [0.15, 0.2) is 18.2 Å². The summed E-state index contributed by atoms with van der Waals surface area (Å²) in [7, 11) is 0. The third-order valence-electron chi connectivity index (χ3n) is 4.16. The van der Waals surface area contributed by atoms with Crippen LogP contribution in [-0.2, 0) is 0 Å². The molecule has 0 saturated heterocycles. The van der Waals surface area contributed by atoms with Gasteiger partial charge in [-0.2, -0.15) is 0 Å². The third-order valence-corrected chi connectivity index (χ3v) is 4.16. The molecular formula is C16H23FN2O. The van der Waals surface area contributed by atoms with Gasteiger partial charge < -0.3 is 11.1 Å². The van der Waals surface area contributed by atoms with E-state index in [2.05, 4.69) is 12.2 Å². The van der Waals surface area contributed by atoms with E-state index in [-0.39, 0.29) is 17.6 Å². The van der Waals surface area contributed by atoms with Gasteiger partial charge in [-0.05, 0) is 43.4 Å². The van der Waals surface area contributed by atoms with E-state index in [1.165, 1.54) is 50.3 Å². The zero-order chi connectivity index (χ0) is 14.5. The van der Waals surface area contributed by atoms with E-state index in [9.17, 15) is 9.18 Å². The fourth-order valence-electron chi connectivity index (χ4n) is 3.08. The van der Waals surface area contributed by atoms with Gasteiger partial charge in [-0.1, -0.05) is 26.2 Å². The lowest BCUT2D eigenvalue weighted by Crippen LogP contribution is -2.40. The number of nitrogens with one attached hydrogen (secondary N) is 1. The van der Waals surface area contributed by atoms with Crippen LogP contribution < -0.4 is 11.1 Å². The lowest BCUT2D eigenvalue weighted by molar-refractivity contribution is 0.0910. The second-order valence-electron chi connectivity index (χ2n) is 5.66. The normalized spacial score (nSPS) is 17.7. The summed E-state index contributed by atoms with van der Waals surface area (Å²) in [5, 5.41) is 3.05. The number of amides is 1. The van der Waals surface area contributed by atoms with Crippen molar-refractivity contribution in [3.05, 3.63) is 29.6 Å². The summed E-state index contributed by atoms with van der Waals surface area (Å²) in [6.07, 6.45) is 7.02. The van der Waals surface area contributed by atoms with Crippen molar-refractivity contribution in [2.24, 2.45) is 5.92 Å². The molecule has 3 N–H and O–H groups in total. The molecule has 2 rings (SSSR count). The molecule has 1 aliphatic rings. The Morgan fingerprint density at radius 3 is 2.65 bits per heavy atom. The van der Waals surface area contributed by atoms with E-state index in [1.807, 2.05) is 0 Å². The Morgan fingerprint density at radius 2 is 2.05 bits per heavy atom. The maximum atomic E-state index is 13.3. The summed E-state index contributed by atoms with van der Waals surface area (Å²) in [5.74, 6) is -0.155. The van der Waals surface area contributed by atoms with Crippen LogP contribution in [-0.4, -0.2) is 11.9 Å². The largest absolute Gasteiger partial charge is 0.399 e. The van der Waals surface area contributed by atoms with Gasteiger partial charge in [0.05, 0.1) is 0 Å². The minimum atomic E-state index is -0.471. The van der Waals surface area contributed by atoms with Crippen molar-refractivity contribution in [1.29, 1.82) is 0 Å². The monoisotopic (exact) mass is 278 g/mol. The van der Waals surface area contributed by atoms with E-state index in [1.54, 1.807) is 0 Å². The van der Waals surface area contributed by atoms with Crippen molar-refractivity contribution in [2.75, 3.05) is 5.73 Å². The van der Waals surface area contributed by atoms with Crippen molar-refractivity contribution >= 4 is 11.6 Å². The molecule has 0 spiro atoms. The standard InChI is InChI=1S/C16H23FN2O/c1-2-15(11-6-4-3-5-7-11)19-16(20)12-8-13(17)10-14(18)9-12/h8-11,15H,2-7,18H2,1H3,(H,19,20). The minimum absolute atomic E-state index is 0.173. The van der Waals surface area contributed by atoms with E-state index in [0.29, 0.717) is 11.5 Å². The maximum Gasteiger partial charge on any atom is 0.251 e. The minimum Gasteiger partial charge on any atom is -0.399 e. The van der Waals surface area contributed by atoms with Crippen LogP contribution in [0.5, 0.6) is 0 Å². The van der Waals surface area contributed by atoms with Crippen molar-refractivity contribution in [3.63, 3.8) is 0 Å². The van der Waals surface area contributed by atoms with Crippen molar-refractivity contribution in [1.82, 2.24) is 5.32 Å². The number of benzene rings is 1. The number of carbonyl (C=O) groups excluding carboxylic acids is 1. The lowest BCUT2D eigenvalue weighted by atomic mass is 9.83. The summed E-state index contributed by atoms with van der Waals surface area (Å²) in [5.41, 5.74) is 6.16. The molecular weight excluding hydrogens is 255 g/mol. The zero-order valence-corrected chi connectivity index (χ0v) is 12.0. The quantitative estimate of drug-likeness (QED) is 0.828. The predicted molar refractivity (Wildman–Crippen MR) is 78.9 cm³/mol. The van der Waals surface area contributed by atoms with Crippen LogP contribution in [0.3, 0.4) is 0 Å². The van der Waals surface area contributed by atoms with Crippen LogP contribution in [0.2, 0.25) is 0 Å². The fourth-order valence-corrected chi connectivity index (χ4v) is 3.08. The topological polar surface area (TPSA) is 55.1 Å². The smallest absolute Gasteiger partial charge is 0.251 e. The summed E-state index contributed by atoms with van der Waals surface area (Å²) in [4.78, 5) is 12.2. The number of nitrogens with two attached hydrogens (primary N) is 1. The molecule has 0 aliphatic heterocycles. The van der Waals surface area contributed by atoms with Crippen molar-refractivity contribution in [2.45, 2.75) is 51.5 Å². The SMILES string of the molecule is CCC(NC(=O)c1cc(N)cc(F)c1)C1CCCCC1. The lowest BCUT2D eigenvalue weighted by Gasteiger charge is -2.30. The fraction of sp³-hybridized carbons (Fsp3) is 0.562. The van der Waals surface area contributed by atoms with Crippen molar-refractivity contribution < 1.29 is 9.18 Å². The van der Waals surface area contributed by atoms with Gasteiger partial charge in [0, 0.05) is 17.3 Å². The van der Waals surface area contributed by atoms with Crippen LogP contribution in [0.4, 0.5) is 10.1 Å². The van der Waals surface area contributed by atoms with Gasteiger partial charge in [-0.3, -0.25) is 4.79 Å². The van der Waals surface area contributed by atoms with Gasteiger partial charge in [-0.25, -0.2) is 4.39 Å². The average Bonchev–Trinajstić information content (AvgIpc) is 2.44. The second-order valence-corrected chi connectivity index (χ2v) is 5.66. The number of carbonyl (C=O) groups is 1. The predicted octanol–water partition coefficient (Wildman–Crippen LogP) is 3.50. The highest BCUT2D eigenvalue weighted by atomic mass is 19.1. The number of anilines is 1. The van der Waals surface area contributed by atoms with E-state index >= 15 is 0 Å². The molecule has 1 aromatic carbocycles. The first kappa shape index (κ1) is 14.8. The molecule has 0 aromatic heterocycles.